The number of rotatable bonds is 8. The SMILES string of the molecule is CCCCCCCC(O)C(C)CO. The van der Waals surface area contributed by atoms with Crippen molar-refractivity contribution in [1.29, 1.82) is 0 Å². The highest BCUT2D eigenvalue weighted by Gasteiger charge is 2.11. The molecule has 2 N–H and O–H groups in total. The minimum atomic E-state index is -0.313. The van der Waals surface area contributed by atoms with Gasteiger partial charge in [0.2, 0.25) is 0 Å². The first-order valence-corrected chi connectivity index (χ1v) is 5.51. The Balaban J connectivity index is 3.21. The lowest BCUT2D eigenvalue weighted by Gasteiger charge is -2.15. The Kier molecular flexibility index (Phi) is 8.46. The minimum Gasteiger partial charge on any atom is -0.396 e. The van der Waals surface area contributed by atoms with E-state index in [0.717, 1.165) is 12.8 Å². The molecule has 2 unspecified atom stereocenters. The number of unbranched alkanes of at least 4 members (excludes halogenated alkanes) is 4. The van der Waals surface area contributed by atoms with Gasteiger partial charge in [-0.2, -0.15) is 0 Å². The lowest BCUT2D eigenvalue weighted by atomic mass is 9.99. The molecule has 0 amide bonds. The highest BCUT2D eigenvalue weighted by Crippen LogP contribution is 2.12. The van der Waals surface area contributed by atoms with Crippen LogP contribution in [0.3, 0.4) is 0 Å². The summed E-state index contributed by atoms with van der Waals surface area (Å²) in [6.07, 6.45) is 6.66. The molecule has 2 heteroatoms. The first kappa shape index (κ1) is 12.9. The molecule has 0 rings (SSSR count). The molecule has 0 radical (unpaired) electrons. The van der Waals surface area contributed by atoms with Gasteiger partial charge in [-0.25, -0.2) is 0 Å². The average Bonchev–Trinajstić information content (AvgIpc) is 2.16. The van der Waals surface area contributed by atoms with E-state index < -0.39 is 0 Å². The summed E-state index contributed by atoms with van der Waals surface area (Å²) in [5.41, 5.74) is 0. The molecule has 80 valence electrons. The monoisotopic (exact) mass is 188 g/mol. The fourth-order valence-electron chi connectivity index (χ4n) is 1.36. The van der Waals surface area contributed by atoms with E-state index in [2.05, 4.69) is 6.92 Å². The van der Waals surface area contributed by atoms with E-state index in [1.165, 1.54) is 25.7 Å². The summed E-state index contributed by atoms with van der Waals surface area (Å²) in [7, 11) is 0. The molecule has 0 heterocycles. The van der Waals surface area contributed by atoms with Crippen LogP contribution in [0.15, 0.2) is 0 Å². The second-order valence-corrected chi connectivity index (χ2v) is 3.93. The molecule has 2 atom stereocenters. The van der Waals surface area contributed by atoms with E-state index in [1.807, 2.05) is 6.92 Å². The molecule has 0 aromatic carbocycles. The van der Waals surface area contributed by atoms with Gasteiger partial charge in [0.25, 0.3) is 0 Å². The molecule has 0 aliphatic heterocycles. The largest absolute Gasteiger partial charge is 0.396 e. The molecule has 2 nitrogen and oxygen atoms in total. The summed E-state index contributed by atoms with van der Waals surface area (Å²) in [5, 5.41) is 18.3. The molecule has 0 fully saturated rings. The van der Waals surface area contributed by atoms with Crippen molar-refractivity contribution in [2.75, 3.05) is 6.61 Å². The second kappa shape index (κ2) is 8.52. The lowest BCUT2D eigenvalue weighted by molar-refractivity contribution is 0.0685. The van der Waals surface area contributed by atoms with E-state index in [4.69, 9.17) is 5.11 Å². The van der Waals surface area contributed by atoms with E-state index in [-0.39, 0.29) is 18.6 Å². The Labute approximate surface area is 82.0 Å². The van der Waals surface area contributed by atoms with Gasteiger partial charge in [-0.05, 0) is 6.42 Å². The van der Waals surface area contributed by atoms with Gasteiger partial charge in [-0.15, -0.1) is 0 Å². The van der Waals surface area contributed by atoms with E-state index in [1.54, 1.807) is 0 Å². The lowest BCUT2D eigenvalue weighted by Crippen LogP contribution is -2.20. The van der Waals surface area contributed by atoms with Crippen LogP contribution in [0.5, 0.6) is 0 Å². The van der Waals surface area contributed by atoms with Crippen molar-refractivity contribution in [2.45, 2.75) is 58.5 Å². The fourth-order valence-corrected chi connectivity index (χ4v) is 1.36. The van der Waals surface area contributed by atoms with Crippen molar-refractivity contribution >= 4 is 0 Å². The van der Waals surface area contributed by atoms with Gasteiger partial charge in [-0.1, -0.05) is 46.0 Å². The van der Waals surface area contributed by atoms with Crippen LogP contribution < -0.4 is 0 Å². The smallest absolute Gasteiger partial charge is 0.0587 e. The molecular formula is C11H24O2. The molecule has 0 aromatic rings. The highest BCUT2D eigenvalue weighted by atomic mass is 16.3. The van der Waals surface area contributed by atoms with Gasteiger partial charge in [-0.3, -0.25) is 0 Å². The summed E-state index contributed by atoms with van der Waals surface area (Å²) in [5.74, 6) is 0.0335. The van der Waals surface area contributed by atoms with Crippen molar-refractivity contribution in [3.05, 3.63) is 0 Å². The normalized spacial score (nSPS) is 15.7. The molecule has 0 bridgehead atoms. The van der Waals surface area contributed by atoms with E-state index in [0.29, 0.717) is 0 Å². The van der Waals surface area contributed by atoms with Crippen molar-refractivity contribution < 1.29 is 10.2 Å². The molecule has 13 heavy (non-hydrogen) atoms. The van der Waals surface area contributed by atoms with Crippen LogP contribution >= 0.6 is 0 Å². The van der Waals surface area contributed by atoms with Crippen LogP contribution in [0, 0.1) is 5.92 Å². The Morgan fingerprint density at radius 2 is 1.69 bits per heavy atom. The summed E-state index contributed by atoms with van der Waals surface area (Å²) in [6, 6.07) is 0. The molecule has 0 aliphatic rings. The van der Waals surface area contributed by atoms with Gasteiger partial charge in [0, 0.05) is 12.5 Å². The van der Waals surface area contributed by atoms with Crippen molar-refractivity contribution in [3.8, 4) is 0 Å². The molecule has 0 aliphatic carbocycles. The third-order valence-electron chi connectivity index (χ3n) is 2.55. The van der Waals surface area contributed by atoms with Gasteiger partial charge in [0.1, 0.15) is 0 Å². The minimum absolute atomic E-state index is 0.0335. The third-order valence-corrected chi connectivity index (χ3v) is 2.55. The zero-order chi connectivity index (χ0) is 10.1. The highest BCUT2D eigenvalue weighted by molar-refractivity contribution is 4.63. The van der Waals surface area contributed by atoms with Crippen molar-refractivity contribution in [2.24, 2.45) is 5.92 Å². The standard InChI is InChI=1S/C11H24O2/c1-3-4-5-6-7-8-11(13)10(2)9-12/h10-13H,3-9H2,1-2H3. The molecule has 0 aromatic heterocycles. The molecule has 0 saturated heterocycles. The maximum absolute atomic E-state index is 9.51. The van der Waals surface area contributed by atoms with E-state index in [9.17, 15) is 5.11 Å². The van der Waals surface area contributed by atoms with Crippen LogP contribution in [-0.2, 0) is 0 Å². The van der Waals surface area contributed by atoms with Crippen molar-refractivity contribution in [1.82, 2.24) is 0 Å². The molecule has 0 saturated carbocycles. The van der Waals surface area contributed by atoms with Gasteiger partial charge >= 0.3 is 0 Å². The summed E-state index contributed by atoms with van der Waals surface area (Å²) in [6.45, 7) is 4.18. The third kappa shape index (κ3) is 7.03. The van der Waals surface area contributed by atoms with Crippen LogP contribution in [0.1, 0.15) is 52.4 Å². The predicted molar refractivity (Wildman–Crippen MR) is 55.6 cm³/mol. The topological polar surface area (TPSA) is 40.5 Å². The van der Waals surface area contributed by atoms with Crippen LogP contribution in [0.25, 0.3) is 0 Å². The molecule has 0 spiro atoms. The number of aliphatic hydroxyl groups excluding tert-OH is 2. The Hall–Kier alpha value is -0.0800. The van der Waals surface area contributed by atoms with Crippen LogP contribution in [0.2, 0.25) is 0 Å². The Morgan fingerprint density at radius 1 is 1.08 bits per heavy atom. The summed E-state index contributed by atoms with van der Waals surface area (Å²) >= 11 is 0. The second-order valence-electron chi connectivity index (χ2n) is 3.93. The quantitative estimate of drug-likeness (QED) is 0.574. The molecular weight excluding hydrogens is 164 g/mol. The van der Waals surface area contributed by atoms with Gasteiger partial charge in [0.15, 0.2) is 0 Å². The number of aliphatic hydroxyl groups is 2. The maximum atomic E-state index is 9.51. The summed E-state index contributed by atoms with van der Waals surface area (Å²) < 4.78 is 0. The zero-order valence-electron chi connectivity index (χ0n) is 9.00. The van der Waals surface area contributed by atoms with E-state index >= 15 is 0 Å². The Morgan fingerprint density at radius 3 is 2.23 bits per heavy atom. The number of hydrogen-bond donors (Lipinski definition) is 2. The van der Waals surface area contributed by atoms with Crippen LogP contribution in [-0.4, -0.2) is 22.9 Å². The van der Waals surface area contributed by atoms with Gasteiger partial charge in [0.05, 0.1) is 6.10 Å². The van der Waals surface area contributed by atoms with Gasteiger partial charge < -0.3 is 10.2 Å². The Bertz CT molecular complexity index is 104. The zero-order valence-corrected chi connectivity index (χ0v) is 9.00. The van der Waals surface area contributed by atoms with Crippen molar-refractivity contribution in [3.63, 3.8) is 0 Å². The maximum Gasteiger partial charge on any atom is 0.0587 e. The summed E-state index contributed by atoms with van der Waals surface area (Å²) in [4.78, 5) is 0. The fraction of sp³-hybridized carbons (Fsp3) is 1.00. The first-order chi connectivity index (χ1) is 6.22. The first-order valence-electron chi connectivity index (χ1n) is 5.51. The number of hydrogen-bond acceptors (Lipinski definition) is 2. The van der Waals surface area contributed by atoms with Crippen LogP contribution in [0.4, 0.5) is 0 Å². The predicted octanol–water partition coefficient (Wildman–Crippen LogP) is 2.34. The average molecular weight is 188 g/mol.